The highest BCUT2D eigenvalue weighted by molar-refractivity contribution is 5.45. The van der Waals surface area contributed by atoms with Crippen LogP contribution in [0.2, 0.25) is 0 Å². The number of rotatable bonds is 1. The molecule has 0 radical (unpaired) electrons. The van der Waals surface area contributed by atoms with E-state index in [9.17, 15) is 0 Å². The molecule has 0 spiro atoms. The van der Waals surface area contributed by atoms with Gasteiger partial charge in [-0.25, -0.2) is 0 Å². The van der Waals surface area contributed by atoms with Gasteiger partial charge in [0.15, 0.2) is 11.5 Å². The van der Waals surface area contributed by atoms with Crippen molar-refractivity contribution in [3.05, 3.63) is 23.8 Å². The largest absolute Gasteiger partial charge is 0.454 e. The molecule has 17 heavy (non-hydrogen) atoms. The number of fused-ring (bicyclic) bond motifs is 1. The summed E-state index contributed by atoms with van der Waals surface area (Å²) in [7, 11) is 2.08. The van der Waals surface area contributed by atoms with Crippen LogP contribution in [0.25, 0.3) is 0 Å². The second-order valence-electron chi connectivity index (χ2n) is 4.84. The third-order valence-corrected chi connectivity index (χ3v) is 3.32. The molecule has 4 heteroatoms. The first kappa shape index (κ1) is 10.9. The first-order valence-corrected chi connectivity index (χ1v) is 5.94. The zero-order valence-corrected chi connectivity index (χ0v) is 10.2. The topological polar surface area (TPSA) is 30.9 Å². The fourth-order valence-corrected chi connectivity index (χ4v) is 2.53. The van der Waals surface area contributed by atoms with Crippen molar-refractivity contribution < 1.29 is 14.2 Å². The van der Waals surface area contributed by atoms with Crippen LogP contribution in [0.5, 0.6) is 11.5 Å². The molecule has 0 bridgehead atoms. The van der Waals surface area contributed by atoms with E-state index in [0.717, 1.165) is 18.0 Å². The van der Waals surface area contributed by atoms with Gasteiger partial charge in [0.2, 0.25) is 6.79 Å². The normalized spacial score (nSPS) is 28.4. The van der Waals surface area contributed by atoms with Crippen molar-refractivity contribution in [2.75, 3.05) is 27.1 Å². The smallest absolute Gasteiger partial charge is 0.231 e. The highest BCUT2D eigenvalue weighted by Crippen LogP contribution is 2.37. The quantitative estimate of drug-likeness (QED) is 0.745. The van der Waals surface area contributed by atoms with Crippen molar-refractivity contribution in [3.63, 3.8) is 0 Å². The first-order chi connectivity index (χ1) is 8.24. The monoisotopic (exact) mass is 235 g/mol. The summed E-state index contributed by atoms with van der Waals surface area (Å²) in [5.41, 5.74) is 1.18. The molecule has 4 nitrogen and oxygen atoms in total. The molecule has 1 saturated heterocycles. The average Bonchev–Trinajstić information content (AvgIpc) is 2.75. The molecule has 0 amide bonds. The molecule has 2 aliphatic heterocycles. The van der Waals surface area contributed by atoms with E-state index in [-0.39, 0.29) is 6.10 Å². The minimum atomic E-state index is 0.153. The van der Waals surface area contributed by atoms with Crippen LogP contribution in [0.1, 0.15) is 18.6 Å². The summed E-state index contributed by atoms with van der Waals surface area (Å²) < 4.78 is 16.6. The van der Waals surface area contributed by atoms with E-state index >= 15 is 0 Å². The molecule has 0 aromatic heterocycles. The second kappa shape index (κ2) is 4.20. The van der Waals surface area contributed by atoms with E-state index in [2.05, 4.69) is 24.9 Å². The highest BCUT2D eigenvalue weighted by atomic mass is 16.7. The lowest BCUT2D eigenvalue weighted by Gasteiger charge is -2.35. The van der Waals surface area contributed by atoms with Crippen molar-refractivity contribution in [2.24, 2.45) is 5.92 Å². The maximum absolute atomic E-state index is 5.88. The summed E-state index contributed by atoms with van der Waals surface area (Å²) in [6.07, 6.45) is 0.153. The van der Waals surface area contributed by atoms with E-state index in [0.29, 0.717) is 19.4 Å². The van der Waals surface area contributed by atoms with Crippen LogP contribution in [0.3, 0.4) is 0 Å². The molecule has 1 aromatic rings. The van der Waals surface area contributed by atoms with Gasteiger partial charge >= 0.3 is 0 Å². The van der Waals surface area contributed by atoms with E-state index in [1.807, 2.05) is 12.1 Å². The van der Waals surface area contributed by atoms with Crippen LogP contribution in [-0.2, 0) is 4.74 Å². The summed E-state index contributed by atoms with van der Waals surface area (Å²) >= 11 is 0. The molecule has 2 unspecified atom stereocenters. The summed E-state index contributed by atoms with van der Waals surface area (Å²) in [5, 5.41) is 0. The van der Waals surface area contributed by atoms with Gasteiger partial charge in [-0.3, -0.25) is 4.90 Å². The van der Waals surface area contributed by atoms with Gasteiger partial charge in [-0.15, -0.1) is 0 Å². The van der Waals surface area contributed by atoms with Gasteiger partial charge in [0, 0.05) is 6.54 Å². The fraction of sp³-hybridized carbons (Fsp3) is 0.538. The van der Waals surface area contributed by atoms with Gasteiger partial charge in [0.05, 0.1) is 12.8 Å². The molecule has 1 aromatic carbocycles. The van der Waals surface area contributed by atoms with Crippen LogP contribution >= 0.6 is 0 Å². The SMILES string of the molecule is CC1CN(C)COC1c1ccc2c(c1)OCO2. The Labute approximate surface area is 101 Å². The third-order valence-electron chi connectivity index (χ3n) is 3.32. The third kappa shape index (κ3) is 1.98. The Morgan fingerprint density at radius 3 is 2.88 bits per heavy atom. The molecule has 0 saturated carbocycles. The first-order valence-electron chi connectivity index (χ1n) is 5.94. The van der Waals surface area contributed by atoms with Gasteiger partial charge in [-0.1, -0.05) is 13.0 Å². The Kier molecular flexibility index (Phi) is 2.68. The van der Waals surface area contributed by atoms with Crippen LogP contribution in [0.4, 0.5) is 0 Å². The van der Waals surface area contributed by atoms with Gasteiger partial charge in [-0.05, 0) is 30.7 Å². The fourth-order valence-electron chi connectivity index (χ4n) is 2.53. The zero-order chi connectivity index (χ0) is 11.8. The van der Waals surface area contributed by atoms with Crippen molar-refractivity contribution >= 4 is 0 Å². The van der Waals surface area contributed by atoms with Crippen molar-refractivity contribution in [2.45, 2.75) is 13.0 Å². The lowest BCUT2D eigenvalue weighted by Crippen LogP contribution is -2.37. The number of ether oxygens (including phenoxy) is 3. The van der Waals surface area contributed by atoms with E-state index in [1.54, 1.807) is 0 Å². The molecule has 2 atom stereocenters. The van der Waals surface area contributed by atoms with Crippen molar-refractivity contribution in [1.82, 2.24) is 4.90 Å². The molecule has 0 N–H and O–H groups in total. The van der Waals surface area contributed by atoms with E-state index < -0.39 is 0 Å². The summed E-state index contributed by atoms with van der Waals surface area (Å²) in [5.74, 6) is 2.14. The summed E-state index contributed by atoms with van der Waals surface area (Å²) in [6.45, 7) is 4.27. The molecule has 1 fully saturated rings. The molecule has 92 valence electrons. The highest BCUT2D eigenvalue weighted by Gasteiger charge is 2.27. The van der Waals surface area contributed by atoms with Crippen LogP contribution in [0.15, 0.2) is 18.2 Å². The zero-order valence-electron chi connectivity index (χ0n) is 10.2. The Bertz CT molecular complexity index is 421. The Balaban J connectivity index is 1.84. The Morgan fingerprint density at radius 2 is 2.06 bits per heavy atom. The molecule has 2 aliphatic rings. The summed E-state index contributed by atoms with van der Waals surface area (Å²) in [4.78, 5) is 2.19. The average molecular weight is 235 g/mol. The van der Waals surface area contributed by atoms with E-state index in [1.165, 1.54) is 5.56 Å². The Hall–Kier alpha value is -1.26. The predicted octanol–water partition coefficient (Wildman–Crippen LogP) is 2.01. The lowest BCUT2D eigenvalue weighted by molar-refractivity contribution is -0.0909. The minimum Gasteiger partial charge on any atom is -0.454 e. The maximum Gasteiger partial charge on any atom is 0.231 e. The molecular formula is C13H17NO3. The number of hydrogen-bond donors (Lipinski definition) is 0. The van der Waals surface area contributed by atoms with Crippen LogP contribution in [0, 0.1) is 5.92 Å². The van der Waals surface area contributed by atoms with Gasteiger partial charge in [0.1, 0.15) is 0 Å². The van der Waals surface area contributed by atoms with Gasteiger partial charge in [-0.2, -0.15) is 0 Å². The standard InChI is InChI=1S/C13H17NO3/c1-9-6-14(2)7-15-13(9)10-3-4-11-12(5-10)17-8-16-11/h3-5,9,13H,6-8H2,1-2H3. The number of nitrogens with zero attached hydrogens (tertiary/aromatic N) is 1. The Morgan fingerprint density at radius 1 is 1.24 bits per heavy atom. The number of benzene rings is 1. The lowest BCUT2D eigenvalue weighted by atomic mass is 9.95. The van der Waals surface area contributed by atoms with Crippen LogP contribution in [-0.4, -0.2) is 32.0 Å². The van der Waals surface area contributed by atoms with Crippen molar-refractivity contribution in [3.8, 4) is 11.5 Å². The second-order valence-corrected chi connectivity index (χ2v) is 4.84. The minimum absolute atomic E-state index is 0.153. The summed E-state index contributed by atoms with van der Waals surface area (Å²) in [6, 6.07) is 6.07. The molecule has 0 aliphatic carbocycles. The van der Waals surface area contributed by atoms with Crippen LogP contribution < -0.4 is 9.47 Å². The number of hydrogen-bond acceptors (Lipinski definition) is 4. The van der Waals surface area contributed by atoms with E-state index in [4.69, 9.17) is 14.2 Å². The molecule has 3 rings (SSSR count). The van der Waals surface area contributed by atoms with Gasteiger partial charge < -0.3 is 14.2 Å². The molecular weight excluding hydrogens is 218 g/mol. The maximum atomic E-state index is 5.88. The predicted molar refractivity (Wildman–Crippen MR) is 63.1 cm³/mol. The molecule has 2 heterocycles. The van der Waals surface area contributed by atoms with Crippen molar-refractivity contribution in [1.29, 1.82) is 0 Å². The van der Waals surface area contributed by atoms with Gasteiger partial charge in [0.25, 0.3) is 0 Å².